The lowest BCUT2D eigenvalue weighted by molar-refractivity contribution is -0.131. The fraction of sp³-hybridized carbons (Fsp3) is 0.333. The van der Waals surface area contributed by atoms with E-state index < -0.39 is 21.7 Å². The summed E-state index contributed by atoms with van der Waals surface area (Å²) in [6.07, 6.45) is 1.06. The molecule has 0 atom stereocenters. The van der Waals surface area contributed by atoms with Crippen LogP contribution >= 0.6 is 11.6 Å². The normalized spacial score (nSPS) is 14.5. The van der Waals surface area contributed by atoms with Crippen LogP contribution in [0.15, 0.2) is 42.5 Å². The number of aryl methyl sites for hydroxylation is 1. The zero-order valence-electron chi connectivity index (χ0n) is 17.2. The zero-order valence-corrected chi connectivity index (χ0v) is 18.8. The monoisotopic (exact) mass is 467 g/mol. The fourth-order valence-corrected chi connectivity index (χ4v) is 4.52. The summed E-state index contributed by atoms with van der Waals surface area (Å²) in [6, 6.07) is 10.7. The minimum atomic E-state index is -3.68. The molecule has 0 N–H and O–H groups in total. The van der Waals surface area contributed by atoms with Crippen LogP contribution in [-0.2, 0) is 14.8 Å². The SMILES string of the molecule is Cc1ccccc1N(CC(=O)N1CCN(C(=O)c2cc(Cl)ccc2F)CC1)S(C)(=O)=O. The third kappa shape index (κ3) is 5.34. The van der Waals surface area contributed by atoms with E-state index in [-0.39, 0.29) is 49.2 Å². The Balaban J connectivity index is 1.67. The van der Waals surface area contributed by atoms with Crippen LogP contribution in [0.3, 0.4) is 0 Å². The van der Waals surface area contributed by atoms with Gasteiger partial charge in [0, 0.05) is 31.2 Å². The van der Waals surface area contributed by atoms with E-state index in [2.05, 4.69) is 0 Å². The van der Waals surface area contributed by atoms with Crippen molar-refractivity contribution in [2.24, 2.45) is 0 Å². The standard InChI is InChI=1S/C21H23ClFN3O4S/c1-15-5-3-4-6-19(15)26(31(2,29)30)14-20(27)24-9-11-25(12-10-24)21(28)17-13-16(22)7-8-18(17)23/h3-8,13H,9-12,14H2,1-2H3. The van der Waals surface area contributed by atoms with E-state index >= 15 is 0 Å². The second kappa shape index (κ2) is 9.23. The number of anilines is 1. The molecule has 1 aliphatic rings. The molecule has 1 aliphatic heterocycles. The molecule has 0 unspecified atom stereocenters. The molecule has 3 rings (SSSR count). The number of rotatable bonds is 5. The van der Waals surface area contributed by atoms with Crippen LogP contribution in [0.2, 0.25) is 5.02 Å². The minimum Gasteiger partial charge on any atom is -0.338 e. The minimum absolute atomic E-state index is 0.116. The first-order valence-electron chi connectivity index (χ1n) is 9.63. The maximum Gasteiger partial charge on any atom is 0.257 e. The van der Waals surface area contributed by atoms with Crippen LogP contribution in [0.5, 0.6) is 0 Å². The van der Waals surface area contributed by atoms with Gasteiger partial charge in [0.25, 0.3) is 5.91 Å². The molecule has 0 aromatic heterocycles. The number of nitrogens with zero attached hydrogens (tertiary/aromatic N) is 3. The summed E-state index contributed by atoms with van der Waals surface area (Å²) in [5.74, 6) is -1.52. The molecule has 0 radical (unpaired) electrons. The van der Waals surface area contributed by atoms with E-state index in [9.17, 15) is 22.4 Å². The summed E-state index contributed by atoms with van der Waals surface area (Å²) in [4.78, 5) is 28.4. The first kappa shape index (κ1) is 23.0. The molecule has 1 fully saturated rings. The largest absolute Gasteiger partial charge is 0.338 e. The molecular weight excluding hydrogens is 445 g/mol. The molecule has 7 nitrogen and oxygen atoms in total. The Labute approximate surface area is 186 Å². The van der Waals surface area contributed by atoms with E-state index in [1.807, 2.05) is 0 Å². The molecule has 0 spiro atoms. The summed E-state index contributed by atoms with van der Waals surface area (Å²) in [5, 5.41) is 0.260. The van der Waals surface area contributed by atoms with Gasteiger partial charge in [0.05, 0.1) is 17.5 Å². The Hall–Kier alpha value is -2.65. The molecule has 166 valence electrons. The Bertz CT molecular complexity index is 1100. The molecule has 2 aromatic rings. The topological polar surface area (TPSA) is 78.0 Å². The highest BCUT2D eigenvalue weighted by Crippen LogP contribution is 2.22. The van der Waals surface area contributed by atoms with Crippen molar-refractivity contribution in [2.75, 3.05) is 43.3 Å². The van der Waals surface area contributed by atoms with E-state index in [1.54, 1.807) is 31.2 Å². The van der Waals surface area contributed by atoms with E-state index in [0.29, 0.717) is 5.69 Å². The van der Waals surface area contributed by atoms with Crippen LogP contribution in [0.4, 0.5) is 10.1 Å². The highest BCUT2D eigenvalue weighted by molar-refractivity contribution is 7.92. The molecule has 2 aromatic carbocycles. The summed E-state index contributed by atoms with van der Waals surface area (Å²) in [5.41, 5.74) is 1.07. The number of para-hydroxylation sites is 1. The van der Waals surface area contributed by atoms with Crippen molar-refractivity contribution in [1.29, 1.82) is 0 Å². The number of sulfonamides is 1. The van der Waals surface area contributed by atoms with Crippen molar-refractivity contribution < 1.29 is 22.4 Å². The smallest absolute Gasteiger partial charge is 0.257 e. The van der Waals surface area contributed by atoms with Crippen molar-refractivity contribution in [1.82, 2.24) is 9.80 Å². The zero-order chi connectivity index (χ0) is 22.8. The van der Waals surface area contributed by atoms with Gasteiger partial charge in [0.2, 0.25) is 15.9 Å². The summed E-state index contributed by atoms with van der Waals surface area (Å²) >= 11 is 5.87. The van der Waals surface area contributed by atoms with Gasteiger partial charge in [-0.25, -0.2) is 12.8 Å². The van der Waals surface area contributed by atoms with Gasteiger partial charge in [-0.05, 0) is 36.8 Å². The summed E-state index contributed by atoms with van der Waals surface area (Å²) in [6.45, 7) is 2.30. The van der Waals surface area contributed by atoms with Crippen LogP contribution in [0.25, 0.3) is 0 Å². The molecule has 1 heterocycles. The number of carbonyl (C=O) groups excluding carboxylic acids is 2. The summed E-state index contributed by atoms with van der Waals surface area (Å²) in [7, 11) is -3.68. The lowest BCUT2D eigenvalue weighted by atomic mass is 10.1. The molecule has 0 saturated carbocycles. The predicted molar refractivity (Wildman–Crippen MR) is 117 cm³/mol. The van der Waals surface area contributed by atoms with Crippen molar-refractivity contribution in [3.63, 3.8) is 0 Å². The first-order valence-corrected chi connectivity index (χ1v) is 11.9. The summed E-state index contributed by atoms with van der Waals surface area (Å²) < 4.78 is 39.7. The van der Waals surface area contributed by atoms with E-state index in [1.165, 1.54) is 21.9 Å². The fourth-order valence-electron chi connectivity index (χ4n) is 3.44. The molecule has 1 saturated heterocycles. The molecule has 10 heteroatoms. The number of hydrogen-bond donors (Lipinski definition) is 0. The quantitative estimate of drug-likeness (QED) is 0.677. The molecule has 0 bridgehead atoms. The van der Waals surface area contributed by atoms with Crippen molar-refractivity contribution in [3.05, 3.63) is 64.4 Å². The van der Waals surface area contributed by atoms with Gasteiger partial charge in [-0.15, -0.1) is 0 Å². The van der Waals surface area contributed by atoms with Gasteiger partial charge in [-0.2, -0.15) is 0 Å². The van der Waals surface area contributed by atoms with Crippen LogP contribution in [-0.4, -0.2) is 69.0 Å². The van der Waals surface area contributed by atoms with Crippen molar-refractivity contribution in [3.8, 4) is 0 Å². The number of carbonyl (C=O) groups is 2. The lowest BCUT2D eigenvalue weighted by Crippen LogP contribution is -2.53. The number of benzene rings is 2. The number of piperazine rings is 1. The highest BCUT2D eigenvalue weighted by atomic mass is 35.5. The van der Waals surface area contributed by atoms with E-state index in [0.717, 1.165) is 22.2 Å². The maximum atomic E-state index is 14.0. The van der Waals surface area contributed by atoms with Crippen LogP contribution in [0.1, 0.15) is 15.9 Å². The molecule has 0 aliphatic carbocycles. The number of amides is 2. The van der Waals surface area contributed by atoms with Gasteiger partial charge in [0.15, 0.2) is 0 Å². The maximum absolute atomic E-state index is 14.0. The van der Waals surface area contributed by atoms with Crippen molar-refractivity contribution >= 4 is 39.1 Å². The molecular formula is C21H23ClFN3O4S. The average molecular weight is 468 g/mol. The lowest BCUT2D eigenvalue weighted by Gasteiger charge is -2.36. The molecule has 31 heavy (non-hydrogen) atoms. The molecule has 2 amide bonds. The Morgan fingerprint density at radius 3 is 2.29 bits per heavy atom. The van der Waals surface area contributed by atoms with E-state index in [4.69, 9.17) is 11.6 Å². The third-order valence-electron chi connectivity index (χ3n) is 5.14. The van der Waals surface area contributed by atoms with Gasteiger partial charge < -0.3 is 9.80 Å². The third-order valence-corrected chi connectivity index (χ3v) is 6.50. The van der Waals surface area contributed by atoms with Gasteiger partial charge >= 0.3 is 0 Å². The Morgan fingerprint density at radius 1 is 1.06 bits per heavy atom. The van der Waals surface area contributed by atoms with Crippen LogP contribution in [0, 0.1) is 12.7 Å². The van der Waals surface area contributed by atoms with Gasteiger partial charge in [-0.1, -0.05) is 29.8 Å². The van der Waals surface area contributed by atoms with Gasteiger partial charge in [0.1, 0.15) is 12.4 Å². The van der Waals surface area contributed by atoms with Crippen molar-refractivity contribution in [2.45, 2.75) is 6.92 Å². The second-order valence-electron chi connectivity index (χ2n) is 7.35. The Morgan fingerprint density at radius 2 is 1.68 bits per heavy atom. The number of hydrogen-bond acceptors (Lipinski definition) is 4. The number of halogens is 2. The van der Waals surface area contributed by atoms with Gasteiger partial charge in [-0.3, -0.25) is 13.9 Å². The second-order valence-corrected chi connectivity index (χ2v) is 9.70. The first-order chi connectivity index (χ1) is 14.6. The average Bonchev–Trinajstić information content (AvgIpc) is 2.73. The predicted octanol–water partition coefficient (Wildman–Crippen LogP) is 2.54. The highest BCUT2D eigenvalue weighted by Gasteiger charge is 2.29. The van der Waals surface area contributed by atoms with Crippen LogP contribution < -0.4 is 4.31 Å². The Kier molecular flexibility index (Phi) is 6.86.